The molecule has 126 valence electrons. The first-order valence-corrected chi connectivity index (χ1v) is 8.12. The van der Waals surface area contributed by atoms with E-state index in [1.807, 2.05) is 49.4 Å². The maximum Gasteiger partial charge on any atom is 0.280 e. The highest BCUT2D eigenvalue weighted by Gasteiger charge is 2.15. The zero-order valence-corrected chi connectivity index (χ0v) is 14.6. The number of aryl methyl sites for hydroxylation is 1. The Hall–Kier alpha value is -2.62. The maximum absolute atomic E-state index is 12.1. The van der Waals surface area contributed by atoms with E-state index in [0.29, 0.717) is 5.92 Å². The fourth-order valence-electron chi connectivity index (χ4n) is 2.15. The number of nitrogens with one attached hydrogen (secondary N) is 1. The molecule has 1 amide bonds. The van der Waals surface area contributed by atoms with Gasteiger partial charge in [-0.2, -0.15) is 5.10 Å². The number of nitrogens with zero attached hydrogens (tertiary/aromatic N) is 1. The minimum Gasteiger partial charge on any atom is -0.481 e. The van der Waals surface area contributed by atoms with E-state index in [0.717, 1.165) is 16.9 Å². The van der Waals surface area contributed by atoms with Crippen LogP contribution >= 0.6 is 0 Å². The van der Waals surface area contributed by atoms with Gasteiger partial charge in [-0.25, -0.2) is 5.43 Å². The molecule has 1 N–H and O–H groups in total. The number of hydrogen-bond acceptors (Lipinski definition) is 3. The van der Waals surface area contributed by atoms with Crippen LogP contribution in [0.5, 0.6) is 5.75 Å². The number of hydrogen-bond donors (Lipinski definition) is 1. The Morgan fingerprint density at radius 2 is 1.83 bits per heavy atom. The van der Waals surface area contributed by atoms with E-state index in [-0.39, 0.29) is 5.91 Å². The van der Waals surface area contributed by atoms with Gasteiger partial charge in [-0.15, -0.1) is 0 Å². The van der Waals surface area contributed by atoms with Gasteiger partial charge in [-0.3, -0.25) is 4.79 Å². The van der Waals surface area contributed by atoms with E-state index in [1.165, 1.54) is 5.56 Å². The first kappa shape index (κ1) is 17.7. The van der Waals surface area contributed by atoms with Crippen molar-refractivity contribution in [1.82, 2.24) is 5.43 Å². The summed E-state index contributed by atoms with van der Waals surface area (Å²) in [5.74, 6) is 0.861. The van der Waals surface area contributed by atoms with Crippen molar-refractivity contribution in [2.45, 2.75) is 39.7 Å². The van der Waals surface area contributed by atoms with Crippen molar-refractivity contribution in [2.24, 2.45) is 5.10 Å². The van der Waals surface area contributed by atoms with Gasteiger partial charge < -0.3 is 4.74 Å². The topological polar surface area (TPSA) is 50.7 Å². The molecule has 0 radical (unpaired) electrons. The molecule has 0 spiro atoms. The minimum absolute atomic E-state index is 0.281. The largest absolute Gasteiger partial charge is 0.481 e. The predicted molar refractivity (Wildman–Crippen MR) is 97.5 cm³/mol. The lowest BCUT2D eigenvalue weighted by molar-refractivity contribution is -0.127. The Bertz CT molecular complexity index is 709. The Morgan fingerprint density at radius 3 is 2.50 bits per heavy atom. The quantitative estimate of drug-likeness (QED) is 0.644. The molecule has 4 nitrogen and oxygen atoms in total. The minimum atomic E-state index is -0.626. The number of benzene rings is 2. The van der Waals surface area contributed by atoms with Gasteiger partial charge in [0, 0.05) is 0 Å². The predicted octanol–water partition coefficient (Wildman–Crippen LogP) is 4.04. The second-order valence-corrected chi connectivity index (χ2v) is 6.08. The fourth-order valence-corrected chi connectivity index (χ4v) is 2.15. The number of carbonyl (C=O) groups is 1. The number of rotatable bonds is 6. The van der Waals surface area contributed by atoms with Gasteiger partial charge in [-0.05, 0) is 42.5 Å². The zero-order chi connectivity index (χ0) is 17.5. The molecule has 0 heterocycles. The van der Waals surface area contributed by atoms with Crippen molar-refractivity contribution in [1.29, 1.82) is 0 Å². The molecular formula is C20H24N2O2. The third-order valence-corrected chi connectivity index (χ3v) is 3.74. The molecule has 0 aliphatic rings. The Balaban J connectivity index is 1.96. The van der Waals surface area contributed by atoms with Crippen molar-refractivity contribution in [3.05, 3.63) is 65.2 Å². The van der Waals surface area contributed by atoms with Crippen LogP contribution in [0.25, 0.3) is 0 Å². The molecule has 0 aliphatic carbocycles. The van der Waals surface area contributed by atoms with Crippen LogP contribution in [-0.4, -0.2) is 18.2 Å². The summed E-state index contributed by atoms with van der Waals surface area (Å²) in [5, 5.41) is 3.97. The molecule has 2 rings (SSSR count). The summed E-state index contributed by atoms with van der Waals surface area (Å²) in [6, 6.07) is 15.7. The molecule has 0 saturated carbocycles. The van der Waals surface area contributed by atoms with Crippen LogP contribution < -0.4 is 10.2 Å². The van der Waals surface area contributed by atoms with E-state index < -0.39 is 6.10 Å². The molecule has 2 aromatic carbocycles. The van der Waals surface area contributed by atoms with Gasteiger partial charge in [0.15, 0.2) is 6.10 Å². The molecule has 0 aliphatic heterocycles. The third kappa shape index (κ3) is 4.95. The second kappa shape index (κ2) is 8.29. The summed E-state index contributed by atoms with van der Waals surface area (Å²) in [5.41, 5.74) is 5.63. The molecule has 1 unspecified atom stereocenters. The number of carbonyl (C=O) groups excluding carboxylic acids is 1. The van der Waals surface area contributed by atoms with Crippen molar-refractivity contribution in [3.8, 4) is 5.75 Å². The van der Waals surface area contributed by atoms with Crippen LogP contribution in [0.3, 0.4) is 0 Å². The summed E-state index contributed by atoms with van der Waals surface area (Å²) in [6.07, 6.45) is 0.981. The summed E-state index contributed by atoms with van der Waals surface area (Å²) in [4.78, 5) is 12.1. The number of ether oxygens (including phenoxy) is 1. The second-order valence-electron chi connectivity index (χ2n) is 6.08. The van der Waals surface area contributed by atoms with Crippen LogP contribution in [0.4, 0.5) is 0 Å². The third-order valence-electron chi connectivity index (χ3n) is 3.74. The van der Waals surface area contributed by atoms with Crippen molar-refractivity contribution in [3.63, 3.8) is 0 Å². The monoisotopic (exact) mass is 324 g/mol. The average molecular weight is 324 g/mol. The standard InChI is InChI=1S/C20H24N2O2/c1-14(2)18-11-10-15(3)19(12-18)24-16(4)20(23)22-21-13-17-8-6-5-7-9-17/h5-14,16H,1-4H3,(H,22,23). The summed E-state index contributed by atoms with van der Waals surface area (Å²) < 4.78 is 5.81. The SMILES string of the molecule is Cc1ccc(C(C)C)cc1OC(C)C(=O)NN=Cc1ccccc1. The van der Waals surface area contributed by atoms with Crippen LogP contribution in [0.15, 0.2) is 53.6 Å². The maximum atomic E-state index is 12.1. The van der Waals surface area contributed by atoms with E-state index in [4.69, 9.17) is 4.74 Å². The zero-order valence-electron chi connectivity index (χ0n) is 14.6. The molecule has 1 atom stereocenters. The van der Waals surface area contributed by atoms with Crippen LogP contribution in [0, 0.1) is 6.92 Å². The number of hydrazone groups is 1. The van der Waals surface area contributed by atoms with Crippen molar-refractivity contribution < 1.29 is 9.53 Å². The van der Waals surface area contributed by atoms with Gasteiger partial charge in [0.25, 0.3) is 5.91 Å². The van der Waals surface area contributed by atoms with Crippen LogP contribution in [0.2, 0.25) is 0 Å². The normalized spacial score (nSPS) is 12.4. The lowest BCUT2D eigenvalue weighted by atomic mass is 10.0. The highest BCUT2D eigenvalue weighted by Crippen LogP contribution is 2.25. The van der Waals surface area contributed by atoms with Crippen molar-refractivity contribution >= 4 is 12.1 Å². The van der Waals surface area contributed by atoms with Gasteiger partial charge in [0.1, 0.15) is 5.75 Å². The lowest BCUT2D eigenvalue weighted by Gasteiger charge is -2.16. The molecule has 4 heteroatoms. The highest BCUT2D eigenvalue weighted by atomic mass is 16.5. The molecule has 0 aromatic heterocycles. The van der Waals surface area contributed by atoms with Crippen LogP contribution in [-0.2, 0) is 4.79 Å². The van der Waals surface area contributed by atoms with Crippen molar-refractivity contribution in [2.75, 3.05) is 0 Å². The van der Waals surface area contributed by atoms with E-state index in [9.17, 15) is 4.79 Å². The van der Waals surface area contributed by atoms with Gasteiger partial charge >= 0.3 is 0 Å². The Kier molecular flexibility index (Phi) is 6.13. The fraction of sp³-hybridized carbons (Fsp3) is 0.300. The van der Waals surface area contributed by atoms with E-state index >= 15 is 0 Å². The first-order valence-electron chi connectivity index (χ1n) is 8.12. The summed E-state index contributed by atoms with van der Waals surface area (Å²) in [6.45, 7) is 7.94. The smallest absolute Gasteiger partial charge is 0.280 e. The average Bonchev–Trinajstić information content (AvgIpc) is 2.57. The highest BCUT2D eigenvalue weighted by molar-refractivity contribution is 5.84. The molecule has 0 fully saturated rings. The molecule has 2 aromatic rings. The number of amides is 1. The molecular weight excluding hydrogens is 300 g/mol. The molecule has 0 bridgehead atoms. The van der Waals surface area contributed by atoms with Gasteiger partial charge in [0.2, 0.25) is 0 Å². The van der Waals surface area contributed by atoms with E-state index in [2.05, 4.69) is 30.4 Å². The molecule has 0 saturated heterocycles. The van der Waals surface area contributed by atoms with E-state index in [1.54, 1.807) is 13.1 Å². The van der Waals surface area contributed by atoms with Gasteiger partial charge in [0.05, 0.1) is 6.21 Å². The van der Waals surface area contributed by atoms with Gasteiger partial charge in [-0.1, -0.05) is 56.3 Å². The Morgan fingerprint density at radius 1 is 1.12 bits per heavy atom. The molecule has 24 heavy (non-hydrogen) atoms. The Labute approximate surface area is 143 Å². The summed E-state index contributed by atoms with van der Waals surface area (Å²) in [7, 11) is 0. The first-order chi connectivity index (χ1) is 11.5. The lowest BCUT2D eigenvalue weighted by Crippen LogP contribution is -2.33. The van der Waals surface area contributed by atoms with Crippen LogP contribution in [0.1, 0.15) is 43.4 Å². The summed E-state index contributed by atoms with van der Waals surface area (Å²) >= 11 is 0.